The molecule has 2 rings (SSSR count). The summed E-state index contributed by atoms with van der Waals surface area (Å²) >= 11 is 0. The molecule has 0 aromatic heterocycles. The zero-order valence-electron chi connectivity index (χ0n) is 12.2. The molecule has 0 spiro atoms. The molecule has 1 atom stereocenters. The summed E-state index contributed by atoms with van der Waals surface area (Å²) in [5, 5.41) is 6.17. The van der Waals surface area contributed by atoms with E-state index in [2.05, 4.69) is 43.5 Å². The first kappa shape index (κ1) is 13.9. The minimum Gasteiger partial charge on any atom is -0.337 e. The number of rotatable bonds is 3. The third-order valence-corrected chi connectivity index (χ3v) is 3.63. The summed E-state index contributed by atoms with van der Waals surface area (Å²) in [6, 6.07) is 4.29. The van der Waals surface area contributed by atoms with Crippen molar-refractivity contribution >= 4 is 11.7 Å². The highest BCUT2D eigenvalue weighted by atomic mass is 16.2. The van der Waals surface area contributed by atoms with Crippen molar-refractivity contribution in [3.05, 3.63) is 28.8 Å². The second kappa shape index (κ2) is 5.61. The van der Waals surface area contributed by atoms with Gasteiger partial charge in [0.05, 0.1) is 5.69 Å². The van der Waals surface area contributed by atoms with Gasteiger partial charge in [0.1, 0.15) is 0 Å². The van der Waals surface area contributed by atoms with Crippen LogP contribution < -0.4 is 15.5 Å². The van der Waals surface area contributed by atoms with E-state index in [4.69, 9.17) is 0 Å². The Morgan fingerprint density at radius 1 is 1.32 bits per heavy atom. The lowest BCUT2D eigenvalue weighted by molar-refractivity contribution is 0.236. The van der Waals surface area contributed by atoms with E-state index >= 15 is 0 Å². The topological polar surface area (TPSA) is 44.4 Å². The Bertz CT molecular complexity index is 461. The maximum absolute atomic E-state index is 12.1. The quantitative estimate of drug-likeness (QED) is 0.874. The van der Waals surface area contributed by atoms with Crippen molar-refractivity contribution < 1.29 is 4.79 Å². The predicted molar refractivity (Wildman–Crippen MR) is 78.8 cm³/mol. The minimum absolute atomic E-state index is 0.0161. The van der Waals surface area contributed by atoms with Crippen LogP contribution in [0.15, 0.2) is 12.1 Å². The van der Waals surface area contributed by atoms with E-state index in [0.717, 1.165) is 36.4 Å². The van der Waals surface area contributed by atoms with Crippen LogP contribution in [0.3, 0.4) is 0 Å². The molecule has 1 heterocycles. The Balaban J connectivity index is 2.31. The van der Waals surface area contributed by atoms with Crippen molar-refractivity contribution in [2.75, 3.05) is 31.6 Å². The van der Waals surface area contributed by atoms with Gasteiger partial charge in [0.2, 0.25) is 0 Å². The first-order chi connectivity index (χ1) is 9.02. The average Bonchev–Trinajstić information content (AvgIpc) is 2.32. The van der Waals surface area contributed by atoms with Crippen LogP contribution in [-0.2, 0) is 0 Å². The monoisotopic (exact) mass is 261 g/mol. The van der Waals surface area contributed by atoms with Crippen molar-refractivity contribution in [2.45, 2.75) is 20.8 Å². The molecule has 0 saturated carbocycles. The van der Waals surface area contributed by atoms with Crippen molar-refractivity contribution in [2.24, 2.45) is 5.92 Å². The fourth-order valence-corrected chi connectivity index (χ4v) is 2.95. The number of benzene rings is 1. The first-order valence-corrected chi connectivity index (χ1v) is 6.80. The lowest BCUT2D eigenvalue weighted by atomic mass is 10.0. The summed E-state index contributed by atoms with van der Waals surface area (Å²) in [5.41, 5.74) is 4.63. The Morgan fingerprint density at radius 2 is 1.95 bits per heavy atom. The second-order valence-corrected chi connectivity index (χ2v) is 5.47. The van der Waals surface area contributed by atoms with E-state index in [-0.39, 0.29) is 6.03 Å². The summed E-state index contributed by atoms with van der Waals surface area (Å²) in [7, 11) is 1.95. The van der Waals surface area contributed by atoms with Crippen LogP contribution in [0.5, 0.6) is 0 Å². The largest absolute Gasteiger partial charge is 0.337 e. The van der Waals surface area contributed by atoms with E-state index in [0.29, 0.717) is 5.92 Å². The Morgan fingerprint density at radius 3 is 2.53 bits per heavy atom. The third-order valence-electron chi connectivity index (χ3n) is 3.63. The van der Waals surface area contributed by atoms with Crippen LogP contribution in [0.2, 0.25) is 0 Å². The number of carbonyl (C=O) groups excluding carboxylic acids is 1. The average molecular weight is 261 g/mol. The molecule has 1 saturated heterocycles. The Kier molecular flexibility index (Phi) is 4.10. The van der Waals surface area contributed by atoms with Gasteiger partial charge in [-0.2, -0.15) is 0 Å². The molecule has 1 aliphatic heterocycles. The zero-order chi connectivity index (χ0) is 14.0. The first-order valence-electron chi connectivity index (χ1n) is 6.80. The molecule has 4 nitrogen and oxygen atoms in total. The van der Waals surface area contributed by atoms with Gasteiger partial charge in [0, 0.05) is 25.6 Å². The number of anilines is 1. The van der Waals surface area contributed by atoms with E-state index in [1.807, 2.05) is 11.9 Å². The summed E-state index contributed by atoms with van der Waals surface area (Å²) in [6.07, 6.45) is 0. The van der Waals surface area contributed by atoms with Crippen LogP contribution in [0, 0.1) is 26.7 Å². The van der Waals surface area contributed by atoms with Crippen LogP contribution in [0.4, 0.5) is 10.5 Å². The van der Waals surface area contributed by atoms with Gasteiger partial charge >= 0.3 is 6.03 Å². The van der Waals surface area contributed by atoms with Gasteiger partial charge in [-0.3, -0.25) is 4.90 Å². The molecule has 1 unspecified atom stereocenters. The summed E-state index contributed by atoms with van der Waals surface area (Å²) in [4.78, 5) is 14.0. The maximum atomic E-state index is 12.1. The van der Waals surface area contributed by atoms with Gasteiger partial charge in [0.25, 0.3) is 0 Å². The number of carbonyl (C=O) groups is 1. The second-order valence-electron chi connectivity index (χ2n) is 5.47. The highest BCUT2D eigenvalue weighted by molar-refractivity contribution is 5.94. The zero-order valence-corrected chi connectivity index (χ0v) is 12.2. The van der Waals surface area contributed by atoms with E-state index in [1.165, 1.54) is 5.56 Å². The van der Waals surface area contributed by atoms with Gasteiger partial charge in [-0.1, -0.05) is 17.7 Å². The predicted octanol–water partition coefficient (Wildman–Crippen LogP) is 1.98. The van der Waals surface area contributed by atoms with Crippen LogP contribution in [-0.4, -0.2) is 32.7 Å². The van der Waals surface area contributed by atoms with Crippen molar-refractivity contribution in [3.63, 3.8) is 0 Å². The molecule has 1 fully saturated rings. The third kappa shape index (κ3) is 2.89. The van der Waals surface area contributed by atoms with Crippen molar-refractivity contribution in [1.82, 2.24) is 10.6 Å². The molecule has 1 aromatic carbocycles. The highest BCUT2D eigenvalue weighted by Gasteiger charge is 2.27. The smallest absolute Gasteiger partial charge is 0.321 e. The molecule has 0 aliphatic carbocycles. The fourth-order valence-electron chi connectivity index (χ4n) is 2.95. The van der Waals surface area contributed by atoms with Gasteiger partial charge in [0.15, 0.2) is 0 Å². The van der Waals surface area contributed by atoms with E-state index in [1.54, 1.807) is 0 Å². The summed E-state index contributed by atoms with van der Waals surface area (Å²) < 4.78 is 0. The van der Waals surface area contributed by atoms with Crippen molar-refractivity contribution in [3.8, 4) is 0 Å². The number of aryl methyl sites for hydroxylation is 3. The Hall–Kier alpha value is -1.55. The molecule has 1 aliphatic rings. The van der Waals surface area contributed by atoms with Gasteiger partial charge in [-0.25, -0.2) is 4.79 Å². The van der Waals surface area contributed by atoms with Gasteiger partial charge in [-0.15, -0.1) is 0 Å². The molecule has 19 heavy (non-hydrogen) atoms. The lowest BCUT2D eigenvalue weighted by Gasteiger charge is -2.35. The molecule has 4 heteroatoms. The normalized spacial score (nSPS) is 19.5. The summed E-state index contributed by atoms with van der Waals surface area (Å²) in [6.45, 7) is 8.68. The standard InChI is InChI=1S/C15H23N3O/c1-10-5-11(2)14(12(3)6-10)18-9-13(7-16-4)8-17-15(18)19/h5-6,13,16H,7-9H2,1-4H3,(H,17,19). The summed E-state index contributed by atoms with van der Waals surface area (Å²) in [5.74, 6) is 0.447. The molecule has 0 bridgehead atoms. The SMILES string of the molecule is CNCC1CNC(=O)N(c2c(C)cc(C)cc2C)C1. The van der Waals surface area contributed by atoms with Gasteiger partial charge in [-0.05, 0) is 38.9 Å². The molecular weight excluding hydrogens is 238 g/mol. The Labute approximate surface area is 115 Å². The number of nitrogens with one attached hydrogen (secondary N) is 2. The number of amides is 2. The molecule has 2 amide bonds. The van der Waals surface area contributed by atoms with Crippen LogP contribution in [0.1, 0.15) is 16.7 Å². The minimum atomic E-state index is 0.0161. The number of nitrogens with zero attached hydrogens (tertiary/aromatic N) is 1. The molecule has 104 valence electrons. The van der Waals surface area contributed by atoms with Crippen LogP contribution in [0.25, 0.3) is 0 Å². The van der Waals surface area contributed by atoms with Crippen molar-refractivity contribution in [1.29, 1.82) is 0 Å². The maximum Gasteiger partial charge on any atom is 0.321 e. The lowest BCUT2D eigenvalue weighted by Crippen LogP contribution is -2.53. The van der Waals surface area contributed by atoms with E-state index < -0.39 is 0 Å². The fraction of sp³-hybridized carbons (Fsp3) is 0.533. The highest BCUT2D eigenvalue weighted by Crippen LogP contribution is 2.28. The molecule has 2 N–H and O–H groups in total. The van der Waals surface area contributed by atoms with Gasteiger partial charge < -0.3 is 10.6 Å². The van der Waals surface area contributed by atoms with E-state index in [9.17, 15) is 4.79 Å². The number of urea groups is 1. The van der Waals surface area contributed by atoms with Crippen LogP contribution >= 0.6 is 0 Å². The molecule has 1 aromatic rings. The molecule has 0 radical (unpaired) electrons. The molecular formula is C15H23N3O. The number of hydrogen-bond acceptors (Lipinski definition) is 2. The number of hydrogen-bond donors (Lipinski definition) is 2.